The summed E-state index contributed by atoms with van der Waals surface area (Å²) in [5.41, 5.74) is 2.81. The van der Waals surface area contributed by atoms with Crippen LogP contribution in [0.15, 0.2) is 36.4 Å². The number of benzene rings is 2. The van der Waals surface area contributed by atoms with Crippen LogP contribution in [0.3, 0.4) is 0 Å². The average molecular weight is 529 g/mol. The van der Waals surface area contributed by atoms with Crippen LogP contribution in [0.1, 0.15) is 116 Å². The van der Waals surface area contributed by atoms with E-state index < -0.39 is 20.4 Å². The Balaban J connectivity index is 1.50. The maximum Gasteiger partial charge on any atom is 0.191 e. The molecule has 37 heavy (non-hydrogen) atoms. The van der Waals surface area contributed by atoms with Crippen molar-refractivity contribution in [2.24, 2.45) is 0 Å². The van der Waals surface area contributed by atoms with Crippen LogP contribution < -0.4 is 4.74 Å². The van der Waals surface area contributed by atoms with E-state index in [-0.39, 0.29) is 11.9 Å². The molecular formula is C33H50F2OSi. The molecule has 0 spiro atoms. The number of hydrogen-bond donors (Lipinski definition) is 0. The monoisotopic (exact) mass is 528 g/mol. The summed E-state index contributed by atoms with van der Waals surface area (Å²) in [6.45, 7) is 6.37. The Morgan fingerprint density at radius 1 is 0.784 bits per heavy atom. The molecule has 0 aromatic heterocycles. The SMILES string of the molecule is CCCCCCC[C@H](C)Oc1c(F)cc(-c2ccc([C@H]3CC[Si@H](CCCCCCC)CC3)cc2)cc1F. The lowest BCUT2D eigenvalue weighted by atomic mass is 9.92. The van der Waals surface area contributed by atoms with E-state index in [4.69, 9.17) is 4.74 Å². The minimum absolute atomic E-state index is 0.199. The van der Waals surface area contributed by atoms with Gasteiger partial charge >= 0.3 is 0 Å². The fourth-order valence-corrected chi connectivity index (χ4v) is 9.38. The highest BCUT2D eigenvalue weighted by molar-refractivity contribution is 6.59. The molecule has 0 unspecified atom stereocenters. The zero-order valence-corrected chi connectivity index (χ0v) is 24.8. The van der Waals surface area contributed by atoms with Crippen molar-refractivity contribution in [3.63, 3.8) is 0 Å². The van der Waals surface area contributed by atoms with Gasteiger partial charge in [0, 0.05) is 8.80 Å². The molecular weight excluding hydrogens is 478 g/mol. The van der Waals surface area contributed by atoms with E-state index >= 15 is 0 Å². The fourth-order valence-electron chi connectivity index (χ4n) is 5.90. The first-order valence-corrected chi connectivity index (χ1v) is 17.7. The van der Waals surface area contributed by atoms with Crippen molar-refractivity contribution < 1.29 is 13.5 Å². The Kier molecular flexibility index (Phi) is 13.2. The highest BCUT2D eigenvalue weighted by Crippen LogP contribution is 2.37. The number of hydrogen-bond acceptors (Lipinski definition) is 1. The first-order chi connectivity index (χ1) is 18.0. The molecule has 2 aromatic carbocycles. The summed E-state index contributed by atoms with van der Waals surface area (Å²) < 4.78 is 35.4. The summed E-state index contributed by atoms with van der Waals surface area (Å²) in [6, 6.07) is 15.7. The van der Waals surface area contributed by atoms with Gasteiger partial charge in [-0.25, -0.2) is 8.78 Å². The first-order valence-electron chi connectivity index (χ1n) is 15.3. The van der Waals surface area contributed by atoms with Crippen molar-refractivity contribution in [3.05, 3.63) is 53.6 Å². The topological polar surface area (TPSA) is 9.23 Å². The normalized spacial score (nSPS) is 18.6. The van der Waals surface area contributed by atoms with Gasteiger partial charge in [0.1, 0.15) is 0 Å². The van der Waals surface area contributed by atoms with Gasteiger partial charge in [-0.15, -0.1) is 0 Å². The second-order valence-electron chi connectivity index (χ2n) is 11.4. The van der Waals surface area contributed by atoms with Crippen molar-refractivity contribution in [1.29, 1.82) is 0 Å². The highest BCUT2D eigenvalue weighted by atomic mass is 28.3. The molecule has 0 N–H and O–H groups in total. The molecule has 0 saturated carbocycles. The number of rotatable bonds is 16. The predicted octanol–water partition coefficient (Wildman–Crippen LogP) is 10.8. The smallest absolute Gasteiger partial charge is 0.191 e. The van der Waals surface area contributed by atoms with Gasteiger partial charge in [-0.3, -0.25) is 0 Å². The van der Waals surface area contributed by atoms with E-state index in [1.807, 2.05) is 19.1 Å². The molecule has 1 saturated heterocycles. The number of halogens is 2. The lowest BCUT2D eigenvalue weighted by Gasteiger charge is -2.28. The maximum atomic E-state index is 14.8. The second-order valence-corrected chi connectivity index (χ2v) is 14.9. The lowest BCUT2D eigenvalue weighted by Crippen LogP contribution is -2.20. The van der Waals surface area contributed by atoms with E-state index in [2.05, 4.69) is 26.0 Å². The van der Waals surface area contributed by atoms with Gasteiger partial charge in [0.05, 0.1) is 6.10 Å². The third kappa shape index (κ3) is 9.85. The minimum Gasteiger partial charge on any atom is -0.485 e. The lowest BCUT2D eigenvalue weighted by molar-refractivity contribution is 0.188. The third-order valence-electron chi connectivity index (χ3n) is 8.31. The van der Waals surface area contributed by atoms with E-state index in [0.717, 1.165) is 24.8 Å². The number of ether oxygens (including phenoxy) is 1. The van der Waals surface area contributed by atoms with Gasteiger partial charge in [0.2, 0.25) is 0 Å². The van der Waals surface area contributed by atoms with Crippen LogP contribution in [0, 0.1) is 11.6 Å². The number of unbranched alkanes of at least 4 members (excludes halogenated alkanes) is 8. The van der Waals surface area contributed by atoms with Gasteiger partial charge in [0.15, 0.2) is 17.4 Å². The summed E-state index contributed by atoms with van der Waals surface area (Å²) in [6.07, 6.45) is 16.1. The van der Waals surface area contributed by atoms with E-state index in [9.17, 15) is 8.78 Å². The minimum atomic E-state index is -0.616. The summed E-state index contributed by atoms with van der Waals surface area (Å²) >= 11 is 0. The Hall–Kier alpha value is -1.68. The first kappa shape index (κ1) is 29.9. The van der Waals surface area contributed by atoms with Gasteiger partial charge in [0.25, 0.3) is 0 Å². The fraction of sp³-hybridized carbons (Fsp3) is 0.636. The molecule has 1 atom stereocenters. The standard InChI is InChI=1S/C33H50F2OSi/c1-4-6-8-10-12-14-26(3)36-33-31(34)24-30(25-32(33)35)28-17-15-27(16-18-28)29-19-22-37(23-20-29)21-13-11-9-7-5-2/h15-18,24-26,29,37H,4-14,19-23H2,1-3H3/t26-,29-,37-/m0/s1. The molecule has 3 rings (SSSR count). The highest BCUT2D eigenvalue weighted by Gasteiger charge is 2.23. The van der Waals surface area contributed by atoms with Crippen LogP contribution in [0.25, 0.3) is 11.1 Å². The van der Waals surface area contributed by atoms with Crippen molar-refractivity contribution in [3.8, 4) is 16.9 Å². The van der Waals surface area contributed by atoms with Crippen LogP contribution in [0.2, 0.25) is 18.1 Å². The predicted molar refractivity (Wildman–Crippen MR) is 158 cm³/mol. The largest absolute Gasteiger partial charge is 0.485 e. The molecule has 0 radical (unpaired) electrons. The molecule has 0 amide bonds. The van der Waals surface area contributed by atoms with Gasteiger partial charge in [-0.1, -0.05) is 114 Å². The molecule has 1 aliphatic rings. The molecule has 0 aliphatic carbocycles. The molecule has 1 aliphatic heterocycles. The molecule has 206 valence electrons. The maximum absolute atomic E-state index is 14.8. The van der Waals surface area contributed by atoms with Crippen molar-refractivity contribution >= 4 is 8.80 Å². The van der Waals surface area contributed by atoms with E-state index in [0.29, 0.717) is 11.5 Å². The molecule has 0 bridgehead atoms. The Morgan fingerprint density at radius 2 is 1.35 bits per heavy atom. The van der Waals surface area contributed by atoms with Gasteiger partial charge in [-0.05, 0) is 67.3 Å². The molecule has 4 heteroatoms. The zero-order chi connectivity index (χ0) is 26.5. The molecule has 1 heterocycles. The summed E-state index contributed by atoms with van der Waals surface area (Å²) in [5.74, 6) is -0.830. The Bertz CT molecular complexity index is 882. The van der Waals surface area contributed by atoms with Gasteiger partial charge < -0.3 is 4.74 Å². The van der Waals surface area contributed by atoms with Crippen LogP contribution >= 0.6 is 0 Å². The van der Waals surface area contributed by atoms with E-state index in [1.54, 1.807) is 0 Å². The summed E-state index contributed by atoms with van der Waals surface area (Å²) in [5, 5.41) is 0. The van der Waals surface area contributed by atoms with Crippen molar-refractivity contribution in [2.45, 2.75) is 134 Å². The van der Waals surface area contributed by atoms with Crippen LogP contribution in [-0.4, -0.2) is 14.9 Å². The van der Waals surface area contributed by atoms with Crippen molar-refractivity contribution in [2.75, 3.05) is 0 Å². The second kappa shape index (κ2) is 16.3. The molecule has 1 nitrogen and oxygen atoms in total. The van der Waals surface area contributed by atoms with Crippen LogP contribution in [0.4, 0.5) is 8.78 Å². The van der Waals surface area contributed by atoms with E-state index in [1.165, 1.54) is 100 Å². The summed E-state index contributed by atoms with van der Waals surface area (Å²) in [4.78, 5) is 0. The Labute approximate surface area is 227 Å². The van der Waals surface area contributed by atoms with Gasteiger partial charge in [-0.2, -0.15) is 0 Å². The van der Waals surface area contributed by atoms with Crippen molar-refractivity contribution in [1.82, 2.24) is 0 Å². The van der Waals surface area contributed by atoms with Crippen LogP contribution in [0.5, 0.6) is 5.75 Å². The summed E-state index contributed by atoms with van der Waals surface area (Å²) in [7, 11) is -0.533. The Morgan fingerprint density at radius 3 is 1.95 bits per heavy atom. The van der Waals surface area contributed by atoms with Crippen LogP contribution in [-0.2, 0) is 0 Å². The quantitative estimate of drug-likeness (QED) is 0.155. The third-order valence-corrected chi connectivity index (χ3v) is 11.8. The molecule has 1 fully saturated rings. The average Bonchev–Trinajstić information content (AvgIpc) is 2.91. The molecule has 2 aromatic rings. The zero-order valence-electron chi connectivity index (χ0n) is 23.7.